The first-order valence-corrected chi connectivity index (χ1v) is 9.28. The third kappa shape index (κ3) is 3.84. The van der Waals surface area contributed by atoms with Crippen LogP contribution in [-0.4, -0.2) is 32.3 Å². The van der Waals surface area contributed by atoms with Crippen molar-refractivity contribution in [3.63, 3.8) is 0 Å². The zero-order valence-corrected chi connectivity index (χ0v) is 14.3. The molecule has 0 bridgehead atoms. The van der Waals surface area contributed by atoms with Gasteiger partial charge in [-0.2, -0.15) is 0 Å². The number of benzene rings is 1. The maximum Gasteiger partial charge on any atom is 0.253 e. The Bertz CT molecular complexity index is 646. The molecule has 5 nitrogen and oxygen atoms in total. The van der Waals surface area contributed by atoms with Gasteiger partial charge < -0.3 is 4.90 Å². The molecule has 1 unspecified atom stereocenters. The number of carbonyl (C=O) groups is 1. The molecule has 1 atom stereocenters. The number of amides is 1. The van der Waals surface area contributed by atoms with E-state index in [0.29, 0.717) is 16.0 Å². The number of nitrogens with two attached hydrogens (primary N) is 1. The average Bonchev–Trinajstić information content (AvgIpc) is 2.86. The van der Waals surface area contributed by atoms with E-state index in [0.717, 1.165) is 32.4 Å². The van der Waals surface area contributed by atoms with E-state index in [4.69, 9.17) is 5.14 Å². The normalized spacial score (nSPS) is 19.0. The Morgan fingerprint density at radius 3 is 2.81 bits per heavy atom. The van der Waals surface area contributed by atoms with Crippen LogP contribution in [-0.2, 0) is 10.0 Å². The van der Waals surface area contributed by atoms with Crippen LogP contribution in [0.4, 0.5) is 0 Å². The Hall–Kier alpha value is -0.920. The largest absolute Gasteiger partial charge is 0.338 e. The van der Waals surface area contributed by atoms with E-state index in [1.54, 1.807) is 17.0 Å². The second-order valence-corrected chi connectivity index (χ2v) is 7.77. The molecule has 116 valence electrons. The van der Waals surface area contributed by atoms with Gasteiger partial charge in [0.05, 0.1) is 4.90 Å². The maximum atomic E-state index is 12.5. The summed E-state index contributed by atoms with van der Waals surface area (Å²) in [6.07, 6.45) is 3.24. The van der Waals surface area contributed by atoms with E-state index in [1.165, 1.54) is 6.07 Å². The van der Waals surface area contributed by atoms with Crippen molar-refractivity contribution in [2.45, 2.75) is 31.1 Å². The van der Waals surface area contributed by atoms with Crippen molar-refractivity contribution in [1.82, 2.24) is 4.90 Å². The van der Waals surface area contributed by atoms with Gasteiger partial charge >= 0.3 is 0 Å². The molecule has 7 heteroatoms. The molecule has 21 heavy (non-hydrogen) atoms. The molecule has 1 saturated heterocycles. The first kappa shape index (κ1) is 16.5. The summed E-state index contributed by atoms with van der Waals surface area (Å²) in [5.74, 6) is 0.415. The highest BCUT2D eigenvalue weighted by molar-refractivity contribution is 9.10. The Labute approximate surface area is 133 Å². The quantitative estimate of drug-likeness (QED) is 0.877. The van der Waals surface area contributed by atoms with E-state index >= 15 is 0 Å². The molecule has 0 aromatic heterocycles. The van der Waals surface area contributed by atoms with Crippen molar-refractivity contribution in [3.05, 3.63) is 28.2 Å². The third-order valence-electron chi connectivity index (χ3n) is 3.75. The fourth-order valence-electron chi connectivity index (χ4n) is 2.70. The summed E-state index contributed by atoms with van der Waals surface area (Å²) in [7, 11) is -3.85. The van der Waals surface area contributed by atoms with Crippen LogP contribution >= 0.6 is 15.9 Å². The number of halogens is 1. The summed E-state index contributed by atoms with van der Waals surface area (Å²) in [6, 6.07) is 4.51. The first-order valence-electron chi connectivity index (χ1n) is 6.94. The lowest BCUT2D eigenvalue weighted by Gasteiger charge is -2.17. The molecular formula is C14H19BrN2O3S. The van der Waals surface area contributed by atoms with Gasteiger partial charge in [0.15, 0.2) is 0 Å². The number of hydrogen-bond acceptors (Lipinski definition) is 3. The van der Waals surface area contributed by atoms with Crippen molar-refractivity contribution in [3.8, 4) is 0 Å². The fourth-order valence-corrected chi connectivity index (χ4v) is 4.25. The second kappa shape index (κ2) is 6.46. The van der Waals surface area contributed by atoms with Crippen LogP contribution in [0.2, 0.25) is 0 Å². The molecule has 1 heterocycles. The van der Waals surface area contributed by atoms with Gasteiger partial charge in [0, 0.05) is 23.1 Å². The van der Waals surface area contributed by atoms with Crippen molar-refractivity contribution in [2.75, 3.05) is 13.1 Å². The van der Waals surface area contributed by atoms with Gasteiger partial charge in [-0.3, -0.25) is 4.79 Å². The number of nitrogens with zero attached hydrogens (tertiary/aromatic N) is 1. The molecule has 2 N–H and O–H groups in total. The topological polar surface area (TPSA) is 80.5 Å². The molecule has 0 aliphatic carbocycles. The number of primary sulfonamides is 1. The van der Waals surface area contributed by atoms with Gasteiger partial charge in [-0.15, -0.1) is 0 Å². The average molecular weight is 375 g/mol. The molecule has 1 aliphatic rings. The predicted molar refractivity (Wildman–Crippen MR) is 84.4 cm³/mol. The minimum absolute atomic E-state index is 0.0577. The molecule has 1 fully saturated rings. The highest BCUT2D eigenvalue weighted by Gasteiger charge is 2.27. The van der Waals surface area contributed by atoms with E-state index in [2.05, 4.69) is 22.9 Å². The summed E-state index contributed by atoms with van der Waals surface area (Å²) in [5, 5.41) is 5.16. The Morgan fingerprint density at radius 2 is 2.19 bits per heavy atom. The zero-order valence-electron chi connectivity index (χ0n) is 11.9. The molecule has 0 spiro atoms. The second-order valence-electron chi connectivity index (χ2n) is 5.38. The van der Waals surface area contributed by atoms with Gasteiger partial charge in [-0.25, -0.2) is 13.6 Å². The first-order chi connectivity index (χ1) is 9.82. The van der Waals surface area contributed by atoms with Crippen LogP contribution < -0.4 is 5.14 Å². The van der Waals surface area contributed by atoms with Crippen LogP contribution in [0.15, 0.2) is 27.6 Å². The van der Waals surface area contributed by atoms with Crippen LogP contribution in [0, 0.1) is 5.92 Å². The predicted octanol–water partition coefficient (Wildman–Crippen LogP) is 2.36. The van der Waals surface area contributed by atoms with Crippen LogP contribution in [0.25, 0.3) is 0 Å². The zero-order chi connectivity index (χ0) is 15.6. The molecule has 1 amide bonds. The van der Waals surface area contributed by atoms with E-state index < -0.39 is 10.0 Å². The van der Waals surface area contributed by atoms with Gasteiger partial charge in [-0.1, -0.05) is 13.3 Å². The number of carbonyl (C=O) groups excluding carboxylic acids is 1. The van der Waals surface area contributed by atoms with Crippen molar-refractivity contribution >= 4 is 31.9 Å². The fraction of sp³-hybridized carbons (Fsp3) is 0.500. The van der Waals surface area contributed by atoms with Gasteiger partial charge in [0.25, 0.3) is 5.91 Å². The summed E-state index contributed by atoms with van der Waals surface area (Å²) in [6.45, 7) is 3.61. The minimum Gasteiger partial charge on any atom is -0.338 e. The lowest BCUT2D eigenvalue weighted by Crippen LogP contribution is -2.29. The minimum atomic E-state index is -3.85. The molecule has 0 saturated carbocycles. The monoisotopic (exact) mass is 374 g/mol. The Kier molecular flexibility index (Phi) is 5.06. The van der Waals surface area contributed by atoms with Crippen molar-refractivity contribution in [1.29, 1.82) is 0 Å². The Balaban J connectivity index is 2.21. The lowest BCUT2D eigenvalue weighted by molar-refractivity contribution is 0.0786. The molecule has 0 radical (unpaired) electrons. The number of likely N-dealkylation sites (tertiary alicyclic amines) is 1. The van der Waals surface area contributed by atoms with Crippen LogP contribution in [0.3, 0.4) is 0 Å². The highest BCUT2D eigenvalue weighted by Crippen LogP contribution is 2.26. The molecule has 1 aliphatic heterocycles. The molecular weight excluding hydrogens is 356 g/mol. The molecule has 1 aromatic carbocycles. The molecule has 1 aromatic rings. The standard InChI is InChI=1S/C14H19BrN2O3S/c1-2-3-10-6-7-17(9-10)14(18)11-4-5-12(15)13(8-11)21(16,19)20/h4-5,8,10H,2-3,6-7,9H2,1H3,(H2,16,19,20). The van der Waals surface area contributed by atoms with Crippen molar-refractivity contribution < 1.29 is 13.2 Å². The lowest BCUT2D eigenvalue weighted by atomic mass is 10.0. The number of hydrogen-bond donors (Lipinski definition) is 1. The summed E-state index contributed by atoms with van der Waals surface area (Å²) >= 11 is 3.14. The van der Waals surface area contributed by atoms with E-state index in [1.807, 2.05) is 0 Å². The van der Waals surface area contributed by atoms with Gasteiger partial charge in [-0.05, 0) is 52.9 Å². The molecule has 2 rings (SSSR count). The number of sulfonamides is 1. The van der Waals surface area contributed by atoms with Crippen LogP contribution in [0.1, 0.15) is 36.5 Å². The van der Waals surface area contributed by atoms with Crippen LogP contribution in [0.5, 0.6) is 0 Å². The van der Waals surface area contributed by atoms with Crippen molar-refractivity contribution in [2.24, 2.45) is 11.1 Å². The summed E-state index contributed by atoms with van der Waals surface area (Å²) in [4.78, 5) is 14.2. The van der Waals surface area contributed by atoms with Gasteiger partial charge in [0.2, 0.25) is 10.0 Å². The Morgan fingerprint density at radius 1 is 1.48 bits per heavy atom. The smallest absolute Gasteiger partial charge is 0.253 e. The summed E-state index contributed by atoms with van der Waals surface area (Å²) in [5.41, 5.74) is 0.361. The highest BCUT2D eigenvalue weighted by atomic mass is 79.9. The van der Waals surface area contributed by atoms with Gasteiger partial charge in [0.1, 0.15) is 0 Å². The SMILES string of the molecule is CCCC1CCN(C(=O)c2ccc(Br)c(S(N)(=O)=O)c2)C1. The van der Waals surface area contributed by atoms with E-state index in [-0.39, 0.29) is 10.8 Å². The summed E-state index contributed by atoms with van der Waals surface area (Å²) < 4.78 is 23.4. The number of rotatable bonds is 4. The third-order valence-corrected chi connectivity index (χ3v) is 5.66. The van der Waals surface area contributed by atoms with E-state index in [9.17, 15) is 13.2 Å². The maximum absolute atomic E-state index is 12.5.